The van der Waals surface area contributed by atoms with Gasteiger partial charge in [-0.15, -0.1) is 0 Å². The van der Waals surface area contributed by atoms with E-state index in [4.69, 9.17) is 9.52 Å². The van der Waals surface area contributed by atoms with Crippen LogP contribution < -0.4 is 5.32 Å². The minimum absolute atomic E-state index is 0.0174. The van der Waals surface area contributed by atoms with Gasteiger partial charge in [0.05, 0.1) is 12.7 Å². The Balaban J connectivity index is 2.04. The number of nitrogens with zero attached hydrogens (tertiary/aromatic N) is 1. The number of carbonyl (C=O) groups is 3. The Morgan fingerprint density at radius 1 is 1.10 bits per heavy atom. The summed E-state index contributed by atoms with van der Waals surface area (Å²) in [5.41, 5.74) is 1.61. The zero-order valence-corrected chi connectivity index (χ0v) is 16.5. The Labute approximate surface area is 169 Å². The molecule has 0 spiro atoms. The van der Waals surface area contributed by atoms with Gasteiger partial charge in [-0.05, 0) is 23.6 Å². The van der Waals surface area contributed by atoms with Gasteiger partial charge in [-0.1, -0.05) is 38.1 Å². The average Bonchev–Trinajstić information content (AvgIpc) is 3.19. The van der Waals surface area contributed by atoms with E-state index in [1.807, 2.05) is 32.0 Å². The second-order valence-corrected chi connectivity index (χ2v) is 7.20. The average molecular weight is 402 g/mol. The lowest BCUT2D eigenvalue weighted by atomic mass is 10.0. The van der Waals surface area contributed by atoms with Crippen LogP contribution in [0.5, 0.6) is 0 Å². The number of urea groups is 1. The SMILES string of the molecule is CC(C)CN(CCC(=O)O)C(=O)N[C@@H](Cc1ccc(-c2ccco2)cc1)C(=O)O. The lowest BCUT2D eigenvalue weighted by molar-refractivity contribution is -0.139. The molecule has 0 saturated carbocycles. The fourth-order valence-electron chi connectivity index (χ4n) is 2.87. The standard InChI is InChI=1S/C21H26N2O6/c1-14(2)13-23(10-9-19(24)25)21(28)22-17(20(26)27)12-15-5-7-16(8-6-15)18-4-3-11-29-18/h3-8,11,14,17H,9-10,12-13H2,1-2H3,(H,22,28)(H,24,25)(H,26,27)/t17-/m0/s1. The van der Waals surface area contributed by atoms with E-state index in [1.54, 1.807) is 24.5 Å². The maximum Gasteiger partial charge on any atom is 0.326 e. The Kier molecular flexibility index (Phi) is 7.82. The highest BCUT2D eigenvalue weighted by atomic mass is 16.4. The van der Waals surface area contributed by atoms with Gasteiger partial charge in [-0.3, -0.25) is 4.79 Å². The predicted octanol–water partition coefficient (Wildman–Crippen LogP) is 3.08. The minimum Gasteiger partial charge on any atom is -0.481 e. The molecule has 0 radical (unpaired) electrons. The maximum atomic E-state index is 12.6. The third-order valence-electron chi connectivity index (χ3n) is 4.26. The van der Waals surface area contributed by atoms with Crippen LogP contribution in [-0.4, -0.2) is 52.2 Å². The van der Waals surface area contributed by atoms with Crippen molar-refractivity contribution in [2.24, 2.45) is 5.92 Å². The summed E-state index contributed by atoms with van der Waals surface area (Å²) in [5, 5.41) is 20.9. The van der Waals surface area contributed by atoms with Crippen molar-refractivity contribution in [2.75, 3.05) is 13.1 Å². The van der Waals surface area contributed by atoms with E-state index in [0.717, 1.165) is 11.1 Å². The fourth-order valence-corrected chi connectivity index (χ4v) is 2.87. The smallest absolute Gasteiger partial charge is 0.326 e. The number of furan rings is 1. The molecule has 2 aromatic rings. The number of hydrogen-bond acceptors (Lipinski definition) is 4. The molecule has 0 aliphatic carbocycles. The molecule has 2 amide bonds. The van der Waals surface area contributed by atoms with Crippen LogP contribution in [0.25, 0.3) is 11.3 Å². The van der Waals surface area contributed by atoms with Gasteiger partial charge in [0.2, 0.25) is 0 Å². The molecular weight excluding hydrogens is 376 g/mol. The van der Waals surface area contributed by atoms with Crippen molar-refractivity contribution in [3.63, 3.8) is 0 Å². The number of hydrogen-bond donors (Lipinski definition) is 3. The Morgan fingerprint density at radius 2 is 1.79 bits per heavy atom. The van der Waals surface area contributed by atoms with Gasteiger partial charge in [0.1, 0.15) is 11.8 Å². The van der Waals surface area contributed by atoms with Crippen LogP contribution in [0.3, 0.4) is 0 Å². The van der Waals surface area contributed by atoms with Crippen molar-refractivity contribution in [3.05, 3.63) is 48.2 Å². The molecule has 1 atom stereocenters. The molecule has 1 aromatic heterocycles. The van der Waals surface area contributed by atoms with Crippen LogP contribution in [0.15, 0.2) is 47.1 Å². The summed E-state index contributed by atoms with van der Waals surface area (Å²) in [7, 11) is 0. The summed E-state index contributed by atoms with van der Waals surface area (Å²) in [5.74, 6) is -1.34. The molecule has 8 heteroatoms. The molecule has 29 heavy (non-hydrogen) atoms. The van der Waals surface area contributed by atoms with Crippen molar-refractivity contribution in [3.8, 4) is 11.3 Å². The van der Waals surface area contributed by atoms with E-state index in [9.17, 15) is 19.5 Å². The lowest BCUT2D eigenvalue weighted by Gasteiger charge is -2.26. The Morgan fingerprint density at radius 3 is 2.31 bits per heavy atom. The van der Waals surface area contributed by atoms with Crippen molar-refractivity contribution in [1.82, 2.24) is 10.2 Å². The predicted molar refractivity (Wildman–Crippen MR) is 106 cm³/mol. The van der Waals surface area contributed by atoms with E-state index in [-0.39, 0.29) is 25.3 Å². The molecule has 8 nitrogen and oxygen atoms in total. The molecule has 0 aliphatic rings. The molecule has 0 unspecified atom stereocenters. The Bertz CT molecular complexity index is 814. The number of carboxylic acid groups (broad SMARTS) is 2. The number of aliphatic carboxylic acids is 2. The molecular formula is C21H26N2O6. The molecule has 0 fully saturated rings. The van der Waals surface area contributed by atoms with E-state index < -0.39 is 24.0 Å². The second kappa shape index (κ2) is 10.3. The monoisotopic (exact) mass is 402 g/mol. The molecule has 0 bridgehead atoms. The molecule has 0 saturated heterocycles. The fraction of sp³-hybridized carbons (Fsp3) is 0.381. The van der Waals surface area contributed by atoms with Crippen molar-refractivity contribution in [1.29, 1.82) is 0 Å². The van der Waals surface area contributed by atoms with E-state index in [1.165, 1.54) is 4.90 Å². The van der Waals surface area contributed by atoms with E-state index >= 15 is 0 Å². The van der Waals surface area contributed by atoms with Crippen LogP contribution in [0.2, 0.25) is 0 Å². The molecule has 1 heterocycles. The number of carboxylic acids is 2. The minimum atomic E-state index is -1.16. The molecule has 0 aliphatic heterocycles. The van der Waals surface area contributed by atoms with Crippen LogP contribution in [0, 0.1) is 5.92 Å². The topological polar surface area (TPSA) is 120 Å². The first-order valence-corrected chi connectivity index (χ1v) is 9.39. The van der Waals surface area contributed by atoms with Gasteiger partial charge in [0, 0.05) is 25.1 Å². The van der Waals surface area contributed by atoms with Crippen LogP contribution in [-0.2, 0) is 16.0 Å². The third-order valence-corrected chi connectivity index (χ3v) is 4.26. The highest BCUT2D eigenvalue weighted by Crippen LogP contribution is 2.20. The van der Waals surface area contributed by atoms with E-state index in [2.05, 4.69) is 5.32 Å². The molecule has 3 N–H and O–H groups in total. The van der Waals surface area contributed by atoms with Gasteiger partial charge in [-0.25, -0.2) is 9.59 Å². The zero-order valence-electron chi connectivity index (χ0n) is 16.5. The van der Waals surface area contributed by atoms with Crippen LogP contribution >= 0.6 is 0 Å². The largest absolute Gasteiger partial charge is 0.481 e. The summed E-state index contributed by atoms with van der Waals surface area (Å²) >= 11 is 0. The van der Waals surface area contributed by atoms with Gasteiger partial charge in [0.25, 0.3) is 0 Å². The Hall–Kier alpha value is -3.29. The first kappa shape index (κ1) is 22.0. The number of amides is 2. The van der Waals surface area contributed by atoms with Gasteiger partial charge in [0.15, 0.2) is 0 Å². The van der Waals surface area contributed by atoms with Crippen LogP contribution in [0.1, 0.15) is 25.8 Å². The van der Waals surface area contributed by atoms with Crippen molar-refractivity contribution >= 4 is 18.0 Å². The zero-order chi connectivity index (χ0) is 21.4. The second-order valence-electron chi connectivity index (χ2n) is 7.20. The quantitative estimate of drug-likeness (QED) is 0.562. The molecule has 2 rings (SSSR count). The maximum absolute atomic E-state index is 12.6. The highest BCUT2D eigenvalue weighted by Gasteiger charge is 2.24. The van der Waals surface area contributed by atoms with Crippen molar-refractivity contribution < 1.29 is 29.0 Å². The summed E-state index contributed by atoms with van der Waals surface area (Å²) in [6.45, 7) is 4.15. The lowest BCUT2D eigenvalue weighted by Crippen LogP contribution is -2.50. The summed E-state index contributed by atoms with van der Waals surface area (Å²) in [6, 6.07) is 9.13. The highest BCUT2D eigenvalue weighted by molar-refractivity contribution is 5.83. The first-order valence-electron chi connectivity index (χ1n) is 9.39. The first-order chi connectivity index (χ1) is 13.8. The van der Waals surface area contributed by atoms with Crippen LogP contribution in [0.4, 0.5) is 4.79 Å². The number of carbonyl (C=O) groups excluding carboxylic acids is 1. The summed E-state index contributed by atoms with van der Waals surface area (Å²) < 4.78 is 5.33. The normalized spacial score (nSPS) is 11.8. The van der Waals surface area contributed by atoms with Gasteiger partial charge >= 0.3 is 18.0 Å². The summed E-state index contributed by atoms with van der Waals surface area (Å²) in [6.07, 6.45) is 1.48. The van der Waals surface area contributed by atoms with Gasteiger partial charge < -0.3 is 24.8 Å². The van der Waals surface area contributed by atoms with Crippen molar-refractivity contribution in [2.45, 2.75) is 32.7 Å². The van der Waals surface area contributed by atoms with Gasteiger partial charge in [-0.2, -0.15) is 0 Å². The number of benzene rings is 1. The number of nitrogens with one attached hydrogen (secondary N) is 1. The molecule has 1 aromatic carbocycles. The third kappa shape index (κ3) is 6.99. The molecule has 156 valence electrons. The summed E-state index contributed by atoms with van der Waals surface area (Å²) in [4.78, 5) is 36.4. The number of rotatable bonds is 10. The van der Waals surface area contributed by atoms with E-state index in [0.29, 0.717) is 12.3 Å².